The molecule has 0 aliphatic carbocycles. The van der Waals surface area contributed by atoms with Gasteiger partial charge in [0.2, 0.25) is 0 Å². The second-order valence-corrected chi connectivity index (χ2v) is 4.34. The van der Waals surface area contributed by atoms with Crippen molar-refractivity contribution in [2.24, 2.45) is 18.7 Å². The van der Waals surface area contributed by atoms with E-state index in [1.54, 1.807) is 6.20 Å². The summed E-state index contributed by atoms with van der Waals surface area (Å²) in [5.74, 6) is 1.14. The van der Waals surface area contributed by atoms with Crippen molar-refractivity contribution in [3.63, 3.8) is 0 Å². The number of ether oxygens (including phenoxy) is 1. The van der Waals surface area contributed by atoms with E-state index >= 15 is 0 Å². The standard InChI is InChI=1S/C11H18N4O2/c1-15-5-4-13-10(15)9-8(3-2-6-17-9)7-14-11(12)16/h4-5,8-9H,2-3,6-7H2,1H3,(H3,12,14,16)/t8-,9+/m0/s1. The van der Waals surface area contributed by atoms with Gasteiger partial charge in [0.25, 0.3) is 0 Å². The first-order valence-electron chi connectivity index (χ1n) is 5.80. The molecule has 1 aliphatic heterocycles. The van der Waals surface area contributed by atoms with Crippen LogP contribution >= 0.6 is 0 Å². The highest BCUT2D eigenvalue weighted by Gasteiger charge is 2.30. The Morgan fingerprint density at radius 2 is 2.59 bits per heavy atom. The van der Waals surface area contributed by atoms with Crippen molar-refractivity contribution >= 4 is 6.03 Å². The molecular formula is C11H18N4O2. The quantitative estimate of drug-likeness (QED) is 0.807. The molecule has 2 rings (SSSR count). The maximum Gasteiger partial charge on any atom is 0.312 e. The Kier molecular flexibility index (Phi) is 3.63. The number of amides is 2. The molecular weight excluding hydrogens is 220 g/mol. The van der Waals surface area contributed by atoms with Gasteiger partial charge in [0.05, 0.1) is 0 Å². The molecule has 1 aromatic rings. The van der Waals surface area contributed by atoms with Gasteiger partial charge in [0.15, 0.2) is 0 Å². The topological polar surface area (TPSA) is 82.2 Å². The van der Waals surface area contributed by atoms with Crippen molar-refractivity contribution in [1.29, 1.82) is 0 Å². The lowest BCUT2D eigenvalue weighted by Gasteiger charge is -2.31. The van der Waals surface area contributed by atoms with Crippen LogP contribution < -0.4 is 11.1 Å². The van der Waals surface area contributed by atoms with Crippen LogP contribution in [-0.2, 0) is 11.8 Å². The molecule has 2 amide bonds. The maximum absolute atomic E-state index is 10.8. The molecule has 2 atom stereocenters. The van der Waals surface area contributed by atoms with Crippen molar-refractivity contribution < 1.29 is 9.53 Å². The van der Waals surface area contributed by atoms with Crippen LogP contribution in [0.1, 0.15) is 24.8 Å². The van der Waals surface area contributed by atoms with Crippen LogP contribution in [0.5, 0.6) is 0 Å². The van der Waals surface area contributed by atoms with Gasteiger partial charge < -0.3 is 20.4 Å². The lowest BCUT2D eigenvalue weighted by Crippen LogP contribution is -2.38. The second kappa shape index (κ2) is 5.18. The van der Waals surface area contributed by atoms with E-state index in [1.807, 2.05) is 17.8 Å². The van der Waals surface area contributed by atoms with Crippen LogP contribution in [0, 0.1) is 5.92 Å². The first-order valence-corrected chi connectivity index (χ1v) is 5.80. The van der Waals surface area contributed by atoms with Crippen LogP contribution in [0.4, 0.5) is 4.79 Å². The fourth-order valence-corrected chi connectivity index (χ4v) is 2.22. The van der Waals surface area contributed by atoms with E-state index in [1.165, 1.54) is 0 Å². The van der Waals surface area contributed by atoms with Gasteiger partial charge in [0, 0.05) is 38.5 Å². The molecule has 2 heterocycles. The SMILES string of the molecule is Cn1ccnc1[C@@H]1OCCC[C@H]1CNC(N)=O. The van der Waals surface area contributed by atoms with Gasteiger partial charge in [-0.3, -0.25) is 0 Å². The summed E-state index contributed by atoms with van der Waals surface area (Å²) < 4.78 is 7.72. The van der Waals surface area contributed by atoms with Gasteiger partial charge in [-0.25, -0.2) is 9.78 Å². The number of imidazole rings is 1. The molecule has 0 saturated carbocycles. The molecule has 17 heavy (non-hydrogen) atoms. The van der Waals surface area contributed by atoms with Gasteiger partial charge >= 0.3 is 6.03 Å². The summed E-state index contributed by atoms with van der Waals surface area (Å²) in [5, 5.41) is 2.65. The van der Waals surface area contributed by atoms with Crippen molar-refractivity contribution in [1.82, 2.24) is 14.9 Å². The normalized spacial score (nSPS) is 24.5. The Balaban J connectivity index is 2.07. The Labute approximate surface area is 100 Å². The molecule has 0 aromatic carbocycles. The molecule has 94 valence electrons. The van der Waals surface area contributed by atoms with Gasteiger partial charge in [-0.1, -0.05) is 0 Å². The molecule has 0 radical (unpaired) electrons. The van der Waals surface area contributed by atoms with E-state index in [4.69, 9.17) is 10.5 Å². The molecule has 6 nitrogen and oxygen atoms in total. The number of aromatic nitrogens is 2. The first kappa shape index (κ1) is 11.9. The lowest BCUT2D eigenvalue weighted by molar-refractivity contribution is -0.0334. The van der Waals surface area contributed by atoms with Crippen molar-refractivity contribution in [2.45, 2.75) is 18.9 Å². The molecule has 0 unspecified atom stereocenters. The summed E-state index contributed by atoms with van der Waals surface area (Å²) in [4.78, 5) is 15.1. The lowest BCUT2D eigenvalue weighted by atomic mass is 9.93. The second-order valence-electron chi connectivity index (χ2n) is 4.34. The highest BCUT2D eigenvalue weighted by molar-refractivity contribution is 5.71. The molecule has 0 spiro atoms. The van der Waals surface area contributed by atoms with Crippen molar-refractivity contribution in [3.05, 3.63) is 18.2 Å². The van der Waals surface area contributed by atoms with Crippen LogP contribution in [-0.4, -0.2) is 28.7 Å². The van der Waals surface area contributed by atoms with Crippen LogP contribution in [0.15, 0.2) is 12.4 Å². The van der Waals surface area contributed by atoms with Crippen LogP contribution in [0.2, 0.25) is 0 Å². The van der Waals surface area contributed by atoms with E-state index in [0.29, 0.717) is 6.54 Å². The third kappa shape index (κ3) is 2.76. The predicted octanol–water partition coefficient (Wildman–Crippen LogP) is 0.556. The largest absolute Gasteiger partial charge is 0.370 e. The Bertz CT molecular complexity index is 391. The summed E-state index contributed by atoms with van der Waals surface area (Å²) in [7, 11) is 1.94. The third-order valence-electron chi connectivity index (χ3n) is 3.10. The van der Waals surface area contributed by atoms with Crippen molar-refractivity contribution in [2.75, 3.05) is 13.2 Å². The molecule has 1 fully saturated rings. The summed E-state index contributed by atoms with van der Waals surface area (Å²) in [6, 6.07) is -0.492. The van der Waals surface area contributed by atoms with E-state index in [-0.39, 0.29) is 12.0 Å². The number of hydrogen-bond acceptors (Lipinski definition) is 3. The summed E-state index contributed by atoms with van der Waals surface area (Å²) in [6.45, 7) is 1.28. The third-order valence-corrected chi connectivity index (χ3v) is 3.10. The van der Waals surface area contributed by atoms with E-state index in [9.17, 15) is 4.79 Å². The molecule has 6 heteroatoms. The van der Waals surface area contributed by atoms with E-state index in [0.717, 1.165) is 25.3 Å². The fraction of sp³-hybridized carbons (Fsp3) is 0.636. The zero-order valence-corrected chi connectivity index (χ0v) is 9.93. The first-order chi connectivity index (χ1) is 8.18. The zero-order chi connectivity index (χ0) is 12.3. The van der Waals surface area contributed by atoms with Gasteiger partial charge in [0.1, 0.15) is 11.9 Å². The smallest absolute Gasteiger partial charge is 0.312 e. The minimum absolute atomic E-state index is 0.0596. The van der Waals surface area contributed by atoms with Gasteiger partial charge in [-0.15, -0.1) is 0 Å². The maximum atomic E-state index is 10.8. The van der Waals surface area contributed by atoms with Gasteiger partial charge in [-0.05, 0) is 12.8 Å². The number of nitrogens with zero attached hydrogens (tertiary/aromatic N) is 2. The number of primary amides is 1. The number of nitrogens with two attached hydrogens (primary N) is 1. The highest BCUT2D eigenvalue weighted by Crippen LogP contribution is 2.31. The predicted molar refractivity (Wildman–Crippen MR) is 62.2 cm³/mol. The number of carbonyl (C=O) groups excluding carboxylic acids is 1. The average Bonchev–Trinajstić information content (AvgIpc) is 2.73. The van der Waals surface area contributed by atoms with E-state index in [2.05, 4.69) is 10.3 Å². The highest BCUT2D eigenvalue weighted by atomic mass is 16.5. The summed E-state index contributed by atoms with van der Waals surface area (Å²) >= 11 is 0. The van der Waals surface area contributed by atoms with Crippen molar-refractivity contribution in [3.8, 4) is 0 Å². The monoisotopic (exact) mass is 238 g/mol. The number of carbonyl (C=O) groups is 1. The molecule has 0 bridgehead atoms. The number of rotatable bonds is 3. The Morgan fingerprint density at radius 1 is 1.76 bits per heavy atom. The average molecular weight is 238 g/mol. The molecule has 1 aromatic heterocycles. The summed E-state index contributed by atoms with van der Waals surface area (Å²) in [6.07, 6.45) is 5.61. The van der Waals surface area contributed by atoms with Gasteiger partial charge in [-0.2, -0.15) is 0 Å². The minimum atomic E-state index is -0.492. The van der Waals surface area contributed by atoms with Crippen LogP contribution in [0.25, 0.3) is 0 Å². The zero-order valence-electron chi connectivity index (χ0n) is 9.93. The number of nitrogens with one attached hydrogen (secondary N) is 1. The molecule has 1 saturated heterocycles. The summed E-state index contributed by atoms with van der Waals surface area (Å²) in [5.41, 5.74) is 5.09. The Morgan fingerprint density at radius 3 is 3.24 bits per heavy atom. The number of aryl methyl sites for hydroxylation is 1. The van der Waals surface area contributed by atoms with Crippen LogP contribution in [0.3, 0.4) is 0 Å². The van der Waals surface area contributed by atoms with E-state index < -0.39 is 6.03 Å². The number of hydrogen-bond donors (Lipinski definition) is 2. The Hall–Kier alpha value is -1.56. The number of urea groups is 1. The fourth-order valence-electron chi connectivity index (χ4n) is 2.22. The molecule has 3 N–H and O–H groups in total. The minimum Gasteiger partial charge on any atom is -0.370 e. The molecule has 1 aliphatic rings.